The number of hydrogen-bond donors (Lipinski definition) is 1. The van der Waals surface area contributed by atoms with E-state index in [1.165, 1.54) is 25.6 Å². The number of halogens is 3. The first-order valence-electron chi connectivity index (χ1n) is 12.1. The summed E-state index contributed by atoms with van der Waals surface area (Å²) in [4.78, 5) is 29.4. The Labute approximate surface area is 198 Å². The number of benzene rings is 1. The highest BCUT2D eigenvalue weighted by atomic mass is 19.4. The molecule has 1 saturated carbocycles. The zero-order valence-electron chi connectivity index (χ0n) is 19.5. The van der Waals surface area contributed by atoms with Crippen molar-refractivity contribution in [3.05, 3.63) is 29.3 Å². The Kier molecular flexibility index (Phi) is 6.79. The van der Waals surface area contributed by atoms with Crippen LogP contribution in [0, 0.1) is 22.7 Å². The molecule has 1 aromatic carbocycles. The fourth-order valence-corrected chi connectivity index (χ4v) is 5.94. The van der Waals surface area contributed by atoms with Crippen molar-refractivity contribution in [2.24, 2.45) is 11.3 Å². The maximum atomic E-state index is 13.6. The topological polar surface area (TPSA) is 76.4 Å². The van der Waals surface area contributed by atoms with Crippen molar-refractivity contribution in [3.63, 3.8) is 0 Å². The number of likely N-dealkylation sites (N-methyl/N-ethyl adjacent to an activating group) is 1. The van der Waals surface area contributed by atoms with E-state index in [0.29, 0.717) is 26.1 Å². The standard InChI is InChI=1S/C25H31F3N4O2/c1-30-22(33)21-14-24(9-11-31(12-10-24)23(34)17-5-3-2-4-6-17)16-32(21)19-8-7-18(15-29)20(13-19)25(26,27)28/h7-8,13,17,21H,2-6,9-12,14,16H2,1H3,(H,30,33). The quantitative estimate of drug-likeness (QED) is 0.713. The molecule has 0 bridgehead atoms. The number of piperidine rings is 1. The van der Waals surface area contributed by atoms with Crippen LogP contribution in [0.3, 0.4) is 0 Å². The average molecular weight is 477 g/mol. The third-order valence-corrected chi connectivity index (χ3v) is 7.91. The van der Waals surface area contributed by atoms with Gasteiger partial charge in [0.05, 0.1) is 17.2 Å². The maximum absolute atomic E-state index is 13.6. The molecular formula is C25H31F3N4O2. The molecule has 0 aromatic heterocycles. The molecule has 2 amide bonds. The molecule has 2 aliphatic heterocycles. The predicted molar refractivity (Wildman–Crippen MR) is 121 cm³/mol. The van der Waals surface area contributed by atoms with E-state index in [4.69, 9.17) is 5.26 Å². The molecule has 184 valence electrons. The number of anilines is 1. The van der Waals surface area contributed by atoms with Crippen molar-refractivity contribution >= 4 is 17.5 Å². The first-order chi connectivity index (χ1) is 16.2. The average Bonchev–Trinajstić information content (AvgIpc) is 3.22. The summed E-state index contributed by atoms with van der Waals surface area (Å²) in [6.45, 7) is 1.68. The van der Waals surface area contributed by atoms with Gasteiger partial charge in [-0.15, -0.1) is 0 Å². The van der Waals surface area contributed by atoms with E-state index in [1.807, 2.05) is 4.90 Å². The Morgan fingerprint density at radius 1 is 1.15 bits per heavy atom. The lowest BCUT2D eigenvalue weighted by molar-refractivity contribution is -0.139. The van der Waals surface area contributed by atoms with Gasteiger partial charge >= 0.3 is 6.18 Å². The monoisotopic (exact) mass is 476 g/mol. The van der Waals surface area contributed by atoms with Gasteiger partial charge in [-0.3, -0.25) is 9.59 Å². The van der Waals surface area contributed by atoms with Crippen molar-refractivity contribution in [3.8, 4) is 6.07 Å². The van der Waals surface area contributed by atoms with Gasteiger partial charge in [-0.2, -0.15) is 18.4 Å². The molecule has 4 rings (SSSR count). The molecule has 3 aliphatic rings. The molecule has 6 nitrogen and oxygen atoms in total. The van der Waals surface area contributed by atoms with Crippen LogP contribution in [0.25, 0.3) is 0 Å². The second-order valence-corrected chi connectivity index (χ2v) is 9.96. The summed E-state index contributed by atoms with van der Waals surface area (Å²) in [6, 6.07) is 4.66. The summed E-state index contributed by atoms with van der Waals surface area (Å²) in [6.07, 6.45) is 2.60. The Morgan fingerprint density at radius 3 is 2.41 bits per heavy atom. The molecule has 1 aliphatic carbocycles. The summed E-state index contributed by atoms with van der Waals surface area (Å²) in [5.74, 6) is 0.102. The summed E-state index contributed by atoms with van der Waals surface area (Å²) < 4.78 is 40.7. The van der Waals surface area contributed by atoms with Crippen LogP contribution in [0.15, 0.2) is 18.2 Å². The normalized spacial score (nSPS) is 23.1. The molecule has 9 heteroatoms. The van der Waals surface area contributed by atoms with Gasteiger partial charge in [0.2, 0.25) is 11.8 Å². The van der Waals surface area contributed by atoms with Gasteiger partial charge in [0, 0.05) is 38.3 Å². The summed E-state index contributed by atoms with van der Waals surface area (Å²) >= 11 is 0. The minimum atomic E-state index is -4.66. The molecule has 0 radical (unpaired) electrons. The number of hydrogen-bond acceptors (Lipinski definition) is 4. The van der Waals surface area contributed by atoms with Gasteiger partial charge in [0.15, 0.2) is 0 Å². The Hall–Kier alpha value is -2.76. The lowest BCUT2D eigenvalue weighted by Gasteiger charge is -2.41. The highest BCUT2D eigenvalue weighted by Crippen LogP contribution is 2.46. The van der Waals surface area contributed by atoms with Crippen molar-refractivity contribution < 1.29 is 22.8 Å². The van der Waals surface area contributed by atoms with Crippen molar-refractivity contribution in [1.29, 1.82) is 5.26 Å². The van der Waals surface area contributed by atoms with E-state index in [0.717, 1.165) is 44.6 Å². The van der Waals surface area contributed by atoms with Crippen LogP contribution in [0.4, 0.5) is 18.9 Å². The minimum Gasteiger partial charge on any atom is -0.359 e. The highest BCUT2D eigenvalue weighted by Gasteiger charge is 2.49. The molecule has 1 atom stereocenters. The Morgan fingerprint density at radius 2 is 1.82 bits per heavy atom. The van der Waals surface area contributed by atoms with Gasteiger partial charge in [-0.25, -0.2) is 0 Å². The summed E-state index contributed by atoms with van der Waals surface area (Å²) in [7, 11) is 1.52. The maximum Gasteiger partial charge on any atom is 0.417 e. The number of carbonyl (C=O) groups excluding carboxylic acids is 2. The molecule has 1 unspecified atom stereocenters. The van der Waals surface area contributed by atoms with E-state index < -0.39 is 23.3 Å². The molecule has 2 saturated heterocycles. The molecule has 1 N–H and O–H groups in total. The van der Waals surface area contributed by atoms with Crippen LogP contribution in [-0.4, -0.2) is 49.4 Å². The van der Waals surface area contributed by atoms with Gasteiger partial charge in [-0.05, 0) is 55.7 Å². The molecule has 1 spiro atoms. The van der Waals surface area contributed by atoms with Crippen LogP contribution in [0.1, 0.15) is 62.5 Å². The fourth-order valence-electron chi connectivity index (χ4n) is 5.94. The lowest BCUT2D eigenvalue weighted by atomic mass is 9.76. The number of carbonyl (C=O) groups is 2. The van der Waals surface area contributed by atoms with E-state index in [2.05, 4.69) is 5.32 Å². The van der Waals surface area contributed by atoms with Gasteiger partial charge in [0.25, 0.3) is 0 Å². The first-order valence-corrected chi connectivity index (χ1v) is 12.1. The van der Waals surface area contributed by atoms with Crippen LogP contribution in [-0.2, 0) is 15.8 Å². The third-order valence-electron chi connectivity index (χ3n) is 7.91. The molecule has 34 heavy (non-hydrogen) atoms. The SMILES string of the molecule is CNC(=O)C1CC2(CCN(C(=O)C3CCCCC3)CC2)CN1c1ccc(C#N)c(C(F)(F)F)c1. The number of likely N-dealkylation sites (tertiary alicyclic amines) is 1. The van der Waals surface area contributed by atoms with Gasteiger partial charge in [0.1, 0.15) is 6.04 Å². The Bertz CT molecular complexity index is 973. The zero-order valence-corrected chi connectivity index (χ0v) is 19.5. The predicted octanol–water partition coefficient (Wildman–Crippen LogP) is 4.09. The van der Waals surface area contributed by atoms with Crippen molar-refractivity contribution in [1.82, 2.24) is 10.2 Å². The number of nitriles is 1. The number of nitrogens with zero attached hydrogens (tertiary/aromatic N) is 3. The van der Waals surface area contributed by atoms with Crippen LogP contribution >= 0.6 is 0 Å². The molecule has 2 heterocycles. The number of amides is 2. The Balaban J connectivity index is 1.54. The number of rotatable bonds is 3. The fraction of sp³-hybridized carbons (Fsp3) is 0.640. The van der Waals surface area contributed by atoms with E-state index in [-0.39, 0.29) is 28.8 Å². The highest BCUT2D eigenvalue weighted by molar-refractivity contribution is 5.86. The van der Waals surface area contributed by atoms with E-state index in [1.54, 1.807) is 11.0 Å². The van der Waals surface area contributed by atoms with Crippen LogP contribution < -0.4 is 10.2 Å². The second kappa shape index (κ2) is 9.47. The van der Waals surface area contributed by atoms with Crippen LogP contribution in [0.2, 0.25) is 0 Å². The molecular weight excluding hydrogens is 445 g/mol. The zero-order chi connectivity index (χ0) is 24.5. The van der Waals surface area contributed by atoms with Gasteiger partial charge < -0.3 is 15.1 Å². The van der Waals surface area contributed by atoms with Crippen molar-refractivity contribution in [2.75, 3.05) is 31.6 Å². The summed E-state index contributed by atoms with van der Waals surface area (Å²) in [5.41, 5.74) is -1.38. The minimum absolute atomic E-state index is 0.112. The van der Waals surface area contributed by atoms with E-state index >= 15 is 0 Å². The molecule has 1 aromatic rings. The summed E-state index contributed by atoms with van der Waals surface area (Å²) in [5, 5.41) is 11.8. The van der Waals surface area contributed by atoms with Gasteiger partial charge in [-0.1, -0.05) is 19.3 Å². The molecule has 3 fully saturated rings. The van der Waals surface area contributed by atoms with Crippen LogP contribution in [0.5, 0.6) is 0 Å². The third kappa shape index (κ3) is 4.73. The first kappa shape index (κ1) is 24.4. The second-order valence-electron chi connectivity index (χ2n) is 9.96. The van der Waals surface area contributed by atoms with Crippen molar-refractivity contribution in [2.45, 2.75) is 63.6 Å². The largest absolute Gasteiger partial charge is 0.417 e. The number of alkyl halides is 3. The number of nitrogens with one attached hydrogen (secondary N) is 1. The smallest absolute Gasteiger partial charge is 0.359 e. The lowest BCUT2D eigenvalue weighted by Crippen LogP contribution is -2.46. The van der Waals surface area contributed by atoms with E-state index in [9.17, 15) is 22.8 Å².